The highest BCUT2D eigenvalue weighted by atomic mass is 32.1. The van der Waals surface area contributed by atoms with Gasteiger partial charge in [0.15, 0.2) is 0 Å². The Balaban J connectivity index is 1.92. The van der Waals surface area contributed by atoms with Gasteiger partial charge in [-0.25, -0.2) is 5.01 Å². The molecule has 3 rings (SSSR count). The second-order valence-corrected chi connectivity index (χ2v) is 6.57. The number of amides is 1. The number of carboxylic acids is 1. The maximum atomic E-state index is 12.6. The van der Waals surface area contributed by atoms with Crippen molar-refractivity contribution in [1.29, 1.82) is 0 Å². The minimum absolute atomic E-state index is 0.0811. The molecule has 1 aliphatic heterocycles. The van der Waals surface area contributed by atoms with Crippen molar-refractivity contribution in [2.45, 2.75) is 25.3 Å². The Bertz CT molecular complexity index is 801. The maximum Gasteiger partial charge on any atom is 0.303 e. The molecule has 1 aromatic carbocycles. The van der Waals surface area contributed by atoms with E-state index in [1.165, 1.54) is 5.01 Å². The first kappa shape index (κ1) is 17.2. The Morgan fingerprint density at radius 1 is 1.28 bits per heavy atom. The average molecular weight is 358 g/mol. The van der Waals surface area contributed by atoms with Crippen LogP contribution in [-0.2, 0) is 9.59 Å². The van der Waals surface area contributed by atoms with Crippen molar-refractivity contribution in [1.82, 2.24) is 5.01 Å². The first-order valence-corrected chi connectivity index (χ1v) is 8.76. The van der Waals surface area contributed by atoms with Crippen molar-refractivity contribution < 1.29 is 19.4 Å². The van der Waals surface area contributed by atoms with Crippen LogP contribution >= 0.6 is 11.3 Å². The van der Waals surface area contributed by atoms with Crippen molar-refractivity contribution in [2.24, 2.45) is 5.10 Å². The molecule has 25 heavy (non-hydrogen) atoms. The third-order valence-electron chi connectivity index (χ3n) is 4.02. The molecular formula is C18H18N2O4S. The Hall–Kier alpha value is -2.67. The third-order valence-corrected chi connectivity index (χ3v) is 4.94. The summed E-state index contributed by atoms with van der Waals surface area (Å²) < 4.78 is 5.43. The summed E-state index contributed by atoms with van der Waals surface area (Å²) >= 11 is 1.57. The van der Waals surface area contributed by atoms with Crippen LogP contribution in [-0.4, -0.2) is 34.8 Å². The molecule has 0 saturated heterocycles. The first-order valence-electron chi connectivity index (χ1n) is 7.88. The number of ether oxygens (including phenoxy) is 1. The molecule has 0 radical (unpaired) electrons. The van der Waals surface area contributed by atoms with Gasteiger partial charge in [-0.1, -0.05) is 24.3 Å². The van der Waals surface area contributed by atoms with Crippen LogP contribution in [0.3, 0.4) is 0 Å². The predicted molar refractivity (Wildman–Crippen MR) is 94.9 cm³/mol. The van der Waals surface area contributed by atoms with Gasteiger partial charge in [0.05, 0.1) is 30.2 Å². The average Bonchev–Trinajstić information content (AvgIpc) is 3.28. The number of nitrogens with zero attached hydrogens (tertiary/aromatic N) is 2. The van der Waals surface area contributed by atoms with Gasteiger partial charge in [-0.05, 0) is 17.5 Å². The number of para-hydroxylation sites is 1. The van der Waals surface area contributed by atoms with Crippen LogP contribution in [0.5, 0.6) is 5.75 Å². The Morgan fingerprint density at radius 3 is 2.76 bits per heavy atom. The summed E-state index contributed by atoms with van der Waals surface area (Å²) in [7, 11) is 1.59. The Labute approximate surface area is 149 Å². The molecule has 0 aliphatic carbocycles. The van der Waals surface area contributed by atoms with E-state index < -0.39 is 5.97 Å². The smallest absolute Gasteiger partial charge is 0.303 e. The van der Waals surface area contributed by atoms with E-state index in [1.54, 1.807) is 18.4 Å². The lowest BCUT2D eigenvalue weighted by atomic mass is 10.00. The summed E-state index contributed by atoms with van der Waals surface area (Å²) in [6.07, 6.45) is 0.278. The van der Waals surface area contributed by atoms with Crippen molar-refractivity contribution in [3.8, 4) is 5.75 Å². The topological polar surface area (TPSA) is 79.2 Å². The number of thiophene rings is 1. The number of hydrogen-bond acceptors (Lipinski definition) is 5. The largest absolute Gasteiger partial charge is 0.496 e. The molecule has 1 atom stereocenters. The van der Waals surface area contributed by atoms with Crippen LogP contribution in [0.4, 0.5) is 0 Å². The SMILES string of the molecule is COc1ccccc1[C@@H]1CC(c2cccs2)=NN1C(=O)CCC(=O)O. The number of benzene rings is 1. The number of hydrazone groups is 1. The van der Waals surface area contributed by atoms with Crippen LogP contribution in [0.25, 0.3) is 0 Å². The van der Waals surface area contributed by atoms with Gasteiger partial charge >= 0.3 is 5.97 Å². The molecule has 0 unspecified atom stereocenters. The predicted octanol–water partition coefficient (Wildman–Crippen LogP) is 3.30. The summed E-state index contributed by atoms with van der Waals surface area (Å²) in [5.41, 5.74) is 1.69. The lowest BCUT2D eigenvalue weighted by Crippen LogP contribution is -2.27. The van der Waals surface area contributed by atoms with E-state index in [0.717, 1.165) is 16.2 Å². The second-order valence-electron chi connectivity index (χ2n) is 5.62. The molecule has 6 nitrogen and oxygen atoms in total. The van der Waals surface area contributed by atoms with E-state index in [1.807, 2.05) is 41.8 Å². The summed E-state index contributed by atoms with van der Waals surface area (Å²) in [4.78, 5) is 24.4. The molecule has 7 heteroatoms. The van der Waals surface area contributed by atoms with Gasteiger partial charge < -0.3 is 9.84 Å². The number of carboxylic acid groups (broad SMARTS) is 1. The van der Waals surface area contributed by atoms with Gasteiger partial charge in [0.25, 0.3) is 0 Å². The van der Waals surface area contributed by atoms with Gasteiger partial charge in [0.2, 0.25) is 5.91 Å². The number of methoxy groups -OCH3 is 1. The van der Waals surface area contributed by atoms with Crippen LogP contribution in [0, 0.1) is 0 Å². The zero-order chi connectivity index (χ0) is 17.8. The van der Waals surface area contributed by atoms with Crippen LogP contribution < -0.4 is 4.74 Å². The van der Waals surface area contributed by atoms with E-state index in [4.69, 9.17) is 9.84 Å². The molecule has 0 bridgehead atoms. The third kappa shape index (κ3) is 3.71. The second kappa shape index (κ2) is 7.48. The number of rotatable bonds is 6. The number of carbonyl (C=O) groups excluding carboxylic acids is 1. The number of aliphatic carboxylic acids is 1. The van der Waals surface area contributed by atoms with Crippen LogP contribution in [0.1, 0.15) is 35.7 Å². The molecule has 2 heterocycles. The Kier molecular flexibility index (Phi) is 5.14. The van der Waals surface area contributed by atoms with Crippen molar-refractivity contribution in [2.75, 3.05) is 7.11 Å². The fourth-order valence-corrected chi connectivity index (χ4v) is 3.57. The Morgan fingerprint density at radius 2 is 2.08 bits per heavy atom. The van der Waals surface area contributed by atoms with Gasteiger partial charge in [0.1, 0.15) is 5.75 Å². The summed E-state index contributed by atoms with van der Waals surface area (Å²) in [6, 6.07) is 11.1. The highest BCUT2D eigenvalue weighted by Gasteiger charge is 2.34. The van der Waals surface area contributed by atoms with E-state index in [-0.39, 0.29) is 24.8 Å². The van der Waals surface area contributed by atoms with Gasteiger partial charge in [-0.2, -0.15) is 5.10 Å². The minimum atomic E-state index is -0.996. The van der Waals surface area contributed by atoms with Crippen LogP contribution in [0.15, 0.2) is 46.9 Å². The first-order chi connectivity index (χ1) is 12.1. The minimum Gasteiger partial charge on any atom is -0.496 e. The standard InChI is InChI=1S/C18H18N2O4S/c1-24-15-6-3-2-5-12(15)14-11-13(16-7-4-10-25-16)19-20(14)17(21)8-9-18(22)23/h2-7,10,14H,8-9,11H2,1H3,(H,22,23)/t14-/m0/s1. The summed E-state index contributed by atoms with van der Waals surface area (Å²) in [6.45, 7) is 0. The van der Waals surface area contributed by atoms with Crippen molar-refractivity contribution in [3.63, 3.8) is 0 Å². The van der Waals surface area contributed by atoms with E-state index in [0.29, 0.717) is 12.2 Å². The molecule has 2 aromatic rings. The van der Waals surface area contributed by atoms with E-state index in [9.17, 15) is 9.59 Å². The van der Waals surface area contributed by atoms with Gasteiger partial charge in [-0.3, -0.25) is 9.59 Å². The highest BCUT2D eigenvalue weighted by molar-refractivity contribution is 7.12. The lowest BCUT2D eigenvalue weighted by Gasteiger charge is -2.23. The van der Waals surface area contributed by atoms with Crippen molar-refractivity contribution in [3.05, 3.63) is 52.2 Å². The molecule has 1 N–H and O–H groups in total. The number of carbonyl (C=O) groups is 2. The van der Waals surface area contributed by atoms with Gasteiger partial charge in [0, 0.05) is 18.4 Å². The molecule has 1 amide bonds. The van der Waals surface area contributed by atoms with E-state index in [2.05, 4.69) is 5.10 Å². The van der Waals surface area contributed by atoms with Crippen molar-refractivity contribution >= 4 is 28.9 Å². The van der Waals surface area contributed by atoms with Crippen LogP contribution in [0.2, 0.25) is 0 Å². The van der Waals surface area contributed by atoms with Gasteiger partial charge in [-0.15, -0.1) is 11.3 Å². The molecule has 1 aliphatic rings. The molecule has 0 saturated carbocycles. The molecule has 0 spiro atoms. The maximum absolute atomic E-state index is 12.6. The fraction of sp³-hybridized carbons (Fsp3) is 0.278. The van der Waals surface area contributed by atoms with E-state index >= 15 is 0 Å². The quantitative estimate of drug-likeness (QED) is 0.859. The summed E-state index contributed by atoms with van der Waals surface area (Å²) in [5.74, 6) is -0.611. The summed E-state index contributed by atoms with van der Waals surface area (Å²) in [5, 5.41) is 16.7. The zero-order valence-electron chi connectivity index (χ0n) is 13.7. The molecule has 130 valence electrons. The highest BCUT2D eigenvalue weighted by Crippen LogP contribution is 2.38. The normalized spacial score (nSPS) is 16.6. The molecule has 1 aromatic heterocycles. The monoisotopic (exact) mass is 358 g/mol. The molecular weight excluding hydrogens is 340 g/mol. The lowest BCUT2D eigenvalue weighted by molar-refractivity contribution is -0.141. The molecule has 0 fully saturated rings. The zero-order valence-corrected chi connectivity index (χ0v) is 14.5. The fourth-order valence-electron chi connectivity index (χ4n) is 2.84. The number of hydrogen-bond donors (Lipinski definition) is 1.